The normalized spacial score (nSPS) is 22.5. The average Bonchev–Trinajstić information content (AvgIpc) is 3.35. The molecule has 0 radical (unpaired) electrons. The second-order valence-electron chi connectivity index (χ2n) is 8.61. The van der Waals surface area contributed by atoms with Gasteiger partial charge in [0.1, 0.15) is 0 Å². The number of amides is 1. The molecule has 9 heteroatoms. The molecule has 3 aliphatic rings. The van der Waals surface area contributed by atoms with Crippen molar-refractivity contribution in [2.24, 2.45) is 5.92 Å². The smallest absolute Gasteiger partial charge is 0.227 e. The number of sulfonamides is 1. The van der Waals surface area contributed by atoms with Gasteiger partial charge in [-0.05, 0) is 25.3 Å². The molecule has 2 aliphatic carbocycles. The van der Waals surface area contributed by atoms with Gasteiger partial charge in [0.2, 0.25) is 15.9 Å². The van der Waals surface area contributed by atoms with Crippen LogP contribution in [0.25, 0.3) is 0 Å². The van der Waals surface area contributed by atoms with Crippen molar-refractivity contribution in [1.82, 2.24) is 4.31 Å². The number of ether oxygens (including phenoxy) is 1. The van der Waals surface area contributed by atoms with Crippen LogP contribution in [-0.4, -0.2) is 61.7 Å². The highest BCUT2D eigenvalue weighted by Crippen LogP contribution is 2.35. The van der Waals surface area contributed by atoms with Crippen molar-refractivity contribution in [3.05, 3.63) is 64.7 Å². The van der Waals surface area contributed by atoms with Gasteiger partial charge in [-0.25, -0.2) is 8.42 Å². The van der Waals surface area contributed by atoms with Crippen molar-refractivity contribution in [3.8, 4) is 0 Å². The van der Waals surface area contributed by atoms with E-state index in [4.69, 9.17) is 4.74 Å². The van der Waals surface area contributed by atoms with Gasteiger partial charge in [0, 0.05) is 35.7 Å². The summed E-state index contributed by atoms with van der Waals surface area (Å²) in [5, 5.41) is 2.20. The third-order valence-electron chi connectivity index (χ3n) is 6.72. The molecular weight excluding hydrogens is 456 g/mol. The summed E-state index contributed by atoms with van der Waals surface area (Å²) in [5.41, 5.74) is 1.39. The van der Waals surface area contributed by atoms with Crippen LogP contribution in [0, 0.1) is 5.92 Å². The molecule has 0 spiro atoms. The van der Waals surface area contributed by atoms with E-state index >= 15 is 0 Å². The summed E-state index contributed by atoms with van der Waals surface area (Å²) in [6.07, 6.45) is 1.09. The molecule has 2 aromatic rings. The van der Waals surface area contributed by atoms with Gasteiger partial charge in [-0.3, -0.25) is 14.4 Å². The number of nitrogens with one attached hydrogen (secondary N) is 1. The van der Waals surface area contributed by atoms with Crippen LogP contribution in [0.4, 0.5) is 5.69 Å². The van der Waals surface area contributed by atoms with Crippen molar-refractivity contribution in [2.45, 2.75) is 31.9 Å². The highest BCUT2D eigenvalue weighted by Gasteiger charge is 2.41. The number of benzene rings is 2. The number of fused-ring (bicyclic) bond motifs is 2. The molecule has 2 atom stereocenters. The van der Waals surface area contributed by atoms with Crippen molar-refractivity contribution in [1.29, 1.82) is 0 Å². The molecule has 180 valence electrons. The van der Waals surface area contributed by atoms with Crippen molar-refractivity contribution >= 4 is 33.2 Å². The van der Waals surface area contributed by atoms with Crippen LogP contribution in [0.3, 0.4) is 0 Å². The summed E-state index contributed by atoms with van der Waals surface area (Å²) in [6.45, 7) is 1.43. The summed E-state index contributed by atoms with van der Waals surface area (Å²) in [4.78, 5) is 39.1. The number of nitrogens with zero attached hydrogens (tertiary/aromatic N) is 1. The number of rotatable bonds is 4. The van der Waals surface area contributed by atoms with Crippen LogP contribution in [0.5, 0.6) is 0 Å². The maximum Gasteiger partial charge on any atom is 0.227 e. The summed E-state index contributed by atoms with van der Waals surface area (Å²) in [6, 6.07) is 11.5. The number of hydrogen-bond donors (Lipinski definition) is 1. The zero-order valence-electron chi connectivity index (χ0n) is 18.0. The second kappa shape index (κ2) is 9.40. The van der Waals surface area contributed by atoms with E-state index in [-0.39, 0.29) is 48.1 Å². The number of hydrogen-bond acceptors (Lipinski definition) is 6. The number of carbonyl (C=O) groups is 3. The van der Waals surface area contributed by atoms with Gasteiger partial charge < -0.3 is 10.1 Å². The van der Waals surface area contributed by atoms with Gasteiger partial charge in [-0.1, -0.05) is 43.8 Å². The van der Waals surface area contributed by atoms with Gasteiger partial charge in [-0.15, -0.1) is 0 Å². The van der Waals surface area contributed by atoms with Crippen molar-refractivity contribution in [2.75, 3.05) is 31.6 Å². The van der Waals surface area contributed by atoms with Gasteiger partial charge in [0.05, 0.1) is 29.7 Å². The Hall–Kier alpha value is -2.88. The number of morpholine rings is 1. The van der Waals surface area contributed by atoms with Gasteiger partial charge in [0.25, 0.3) is 0 Å². The molecule has 1 saturated heterocycles. The van der Waals surface area contributed by atoms with E-state index in [1.807, 2.05) is 0 Å². The van der Waals surface area contributed by atoms with Crippen LogP contribution in [0.2, 0.25) is 0 Å². The summed E-state index contributed by atoms with van der Waals surface area (Å²) in [5.74, 6) is -1.38. The lowest BCUT2D eigenvalue weighted by Gasteiger charge is -2.28. The van der Waals surface area contributed by atoms with Gasteiger partial charge >= 0.3 is 0 Å². The lowest BCUT2D eigenvalue weighted by atomic mass is 9.83. The fraction of sp³-hybridized carbons (Fsp3) is 0.400. The zero-order valence-corrected chi connectivity index (χ0v) is 18.8. The minimum Gasteiger partial charge on any atom is -0.379 e. The molecule has 1 saturated carbocycles. The quantitative estimate of drug-likeness (QED) is 0.610. The predicted molar refractivity (Wildman–Crippen MR) is 128 cm³/mol. The van der Waals surface area contributed by atoms with Crippen LogP contribution in [0.1, 0.15) is 58.5 Å². The van der Waals surface area contributed by atoms with Crippen LogP contribution in [0.15, 0.2) is 42.5 Å². The third kappa shape index (κ3) is 4.08. The molecule has 1 amide bonds. The minimum absolute atomic E-state index is 0. The SMILES string of the molecule is C.O=C1c2ccccc2C(=O)c2c(NC(=O)C3CCC(S(=O)(=O)N4CCOCC4)C3)cccc21. The Balaban J connectivity index is 0.00000274. The maximum atomic E-state index is 13.1. The Kier molecular flexibility index (Phi) is 6.71. The molecule has 0 aromatic heterocycles. The van der Waals surface area contributed by atoms with E-state index in [9.17, 15) is 22.8 Å². The zero-order chi connectivity index (χ0) is 23.2. The lowest BCUT2D eigenvalue weighted by Crippen LogP contribution is -2.44. The first-order valence-corrected chi connectivity index (χ1v) is 12.6. The van der Waals surface area contributed by atoms with Gasteiger partial charge in [0.15, 0.2) is 11.6 Å². The van der Waals surface area contributed by atoms with E-state index in [0.29, 0.717) is 50.3 Å². The van der Waals surface area contributed by atoms with Crippen molar-refractivity contribution < 1.29 is 27.5 Å². The summed E-state index contributed by atoms with van der Waals surface area (Å²) in [7, 11) is -3.49. The fourth-order valence-corrected chi connectivity index (χ4v) is 6.93. The Labute approximate surface area is 199 Å². The molecule has 1 heterocycles. The first-order chi connectivity index (χ1) is 15.9. The minimum atomic E-state index is -3.49. The molecule has 0 bridgehead atoms. The largest absolute Gasteiger partial charge is 0.379 e. The molecule has 34 heavy (non-hydrogen) atoms. The molecule has 2 unspecified atom stereocenters. The van der Waals surface area contributed by atoms with E-state index < -0.39 is 21.2 Å². The molecular formula is C25H28N2O6S. The first kappa shape index (κ1) is 24.3. The Bertz CT molecular complexity index is 1250. The van der Waals surface area contributed by atoms with Crippen LogP contribution in [-0.2, 0) is 19.6 Å². The Morgan fingerprint density at radius 2 is 1.56 bits per heavy atom. The molecule has 2 fully saturated rings. The summed E-state index contributed by atoms with van der Waals surface area (Å²) >= 11 is 0. The van der Waals surface area contributed by atoms with Crippen LogP contribution < -0.4 is 5.32 Å². The van der Waals surface area contributed by atoms with E-state index in [0.717, 1.165) is 0 Å². The monoisotopic (exact) mass is 484 g/mol. The fourth-order valence-electron chi connectivity index (χ4n) is 4.94. The topological polar surface area (TPSA) is 110 Å². The van der Waals surface area contributed by atoms with Crippen LogP contribution >= 0.6 is 0 Å². The lowest BCUT2D eigenvalue weighted by molar-refractivity contribution is -0.119. The summed E-state index contributed by atoms with van der Waals surface area (Å²) < 4.78 is 32.6. The van der Waals surface area contributed by atoms with Crippen molar-refractivity contribution in [3.63, 3.8) is 0 Å². The third-order valence-corrected chi connectivity index (χ3v) is 9.07. The maximum absolute atomic E-state index is 13.1. The molecule has 2 aromatic carbocycles. The Morgan fingerprint density at radius 1 is 0.912 bits per heavy atom. The van der Waals surface area contributed by atoms with E-state index in [1.165, 1.54) is 4.31 Å². The highest BCUT2D eigenvalue weighted by molar-refractivity contribution is 7.89. The molecule has 5 rings (SSSR count). The molecule has 1 aliphatic heterocycles. The number of ketones is 2. The standard InChI is InChI=1S/C24H24N2O6S.CH4/c27-22-17-4-1-2-5-18(17)23(28)21-19(22)6-3-7-20(21)25-24(29)15-8-9-16(14-15)33(30,31)26-10-12-32-13-11-26;/h1-7,15-16H,8-14H2,(H,25,29);1H4. The number of carbonyl (C=O) groups excluding carboxylic acids is 3. The van der Waals surface area contributed by atoms with E-state index in [2.05, 4.69) is 5.32 Å². The molecule has 1 N–H and O–H groups in total. The first-order valence-electron chi connectivity index (χ1n) is 11.1. The average molecular weight is 485 g/mol. The second-order valence-corrected chi connectivity index (χ2v) is 10.8. The predicted octanol–water partition coefficient (Wildman–Crippen LogP) is 2.87. The van der Waals surface area contributed by atoms with Gasteiger partial charge in [-0.2, -0.15) is 4.31 Å². The highest BCUT2D eigenvalue weighted by atomic mass is 32.2. The van der Waals surface area contributed by atoms with E-state index in [1.54, 1.807) is 42.5 Å². The Morgan fingerprint density at radius 3 is 2.26 bits per heavy atom. The number of anilines is 1. The molecule has 8 nitrogen and oxygen atoms in total.